The maximum absolute atomic E-state index is 9.27. The number of aromatic nitrogens is 2. The van der Waals surface area contributed by atoms with Crippen molar-refractivity contribution in [2.24, 2.45) is 5.92 Å². The number of nitrogens with one attached hydrogen (secondary N) is 2. The van der Waals surface area contributed by atoms with Crippen LogP contribution in [0.5, 0.6) is 11.5 Å². The topological polar surface area (TPSA) is 83.0 Å². The maximum atomic E-state index is 9.27. The summed E-state index contributed by atoms with van der Waals surface area (Å²) < 4.78 is 12.3. The lowest BCUT2D eigenvalue weighted by Gasteiger charge is -2.29. The highest BCUT2D eigenvalue weighted by Gasteiger charge is 2.25. The zero-order valence-corrected chi connectivity index (χ0v) is 18.6. The third kappa shape index (κ3) is 3.69. The predicted molar refractivity (Wildman–Crippen MR) is 128 cm³/mol. The molecule has 0 amide bonds. The normalized spacial score (nSPS) is 19.4. The minimum Gasteiger partial charge on any atom is -0.486 e. The van der Waals surface area contributed by atoms with E-state index in [-0.39, 0.29) is 6.10 Å². The lowest BCUT2D eigenvalue weighted by Crippen LogP contribution is -2.40. The molecule has 1 aliphatic heterocycles. The standard InChI is InChI=1S/C27H26N4O2/c1-16-2-5-20-23(30-16)8-9-26-27(20)33-19(15-32-26)14-29-13-18-4-7-25-22(11-18)21-10-17(12-28)3-6-24(21)31-25/h2-3,5-6,8-10,18-19,29,31H,4,7,11,13-15H2,1H3/t18-,19+/m1/s1. The fourth-order valence-corrected chi connectivity index (χ4v) is 5.16. The first-order chi connectivity index (χ1) is 16.2. The molecule has 0 saturated heterocycles. The molecule has 0 radical (unpaired) electrons. The van der Waals surface area contributed by atoms with E-state index in [4.69, 9.17) is 9.47 Å². The summed E-state index contributed by atoms with van der Waals surface area (Å²) >= 11 is 0. The number of benzene rings is 2. The van der Waals surface area contributed by atoms with Crippen LogP contribution in [0.2, 0.25) is 0 Å². The van der Waals surface area contributed by atoms with Gasteiger partial charge in [0.15, 0.2) is 11.5 Å². The fraction of sp³-hybridized carbons (Fsp3) is 0.333. The molecule has 6 rings (SSSR count). The highest BCUT2D eigenvalue weighted by molar-refractivity contribution is 5.88. The van der Waals surface area contributed by atoms with E-state index in [0.717, 1.165) is 71.5 Å². The Labute approximate surface area is 192 Å². The molecule has 2 aromatic heterocycles. The third-order valence-electron chi connectivity index (χ3n) is 6.86. The Bertz CT molecular complexity index is 1400. The molecule has 0 saturated carbocycles. The molecule has 2 atom stereocenters. The van der Waals surface area contributed by atoms with Crippen LogP contribution in [0, 0.1) is 24.2 Å². The first-order valence-electron chi connectivity index (χ1n) is 11.6. The number of nitrogens with zero attached hydrogens (tertiary/aromatic N) is 2. The van der Waals surface area contributed by atoms with Crippen molar-refractivity contribution >= 4 is 21.8 Å². The second-order valence-corrected chi connectivity index (χ2v) is 9.18. The zero-order valence-electron chi connectivity index (χ0n) is 18.6. The SMILES string of the molecule is Cc1ccc2c3c(ccc2n1)OC[C@H](CNC[C@@H]1CCc2[nH]c4ccc(C#N)cc4c2C1)O3. The molecule has 0 bridgehead atoms. The molecular formula is C27H26N4O2. The summed E-state index contributed by atoms with van der Waals surface area (Å²) in [7, 11) is 0. The molecule has 4 aromatic rings. The molecule has 0 fully saturated rings. The highest BCUT2D eigenvalue weighted by atomic mass is 16.6. The summed E-state index contributed by atoms with van der Waals surface area (Å²) in [5.74, 6) is 2.15. The summed E-state index contributed by atoms with van der Waals surface area (Å²) in [4.78, 5) is 8.16. The summed E-state index contributed by atoms with van der Waals surface area (Å²) in [5.41, 5.74) is 6.48. The van der Waals surface area contributed by atoms with Crippen LogP contribution >= 0.6 is 0 Å². The van der Waals surface area contributed by atoms with E-state index in [2.05, 4.69) is 27.4 Å². The molecule has 2 N–H and O–H groups in total. The molecule has 6 nitrogen and oxygen atoms in total. The molecule has 0 spiro atoms. The number of rotatable bonds is 4. The molecule has 6 heteroatoms. The van der Waals surface area contributed by atoms with Gasteiger partial charge in [-0.25, -0.2) is 0 Å². The molecular weight excluding hydrogens is 412 g/mol. The van der Waals surface area contributed by atoms with Crippen LogP contribution in [-0.2, 0) is 12.8 Å². The predicted octanol–water partition coefficient (Wildman–Crippen LogP) is 4.43. The third-order valence-corrected chi connectivity index (χ3v) is 6.86. The van der Waals surface area contributed by atoms with E-state index in [9.17, 15) is 5.26 Å². The van der Waals surface area contributed by atoms with E-state index < -0.39 is 0 Å². The molecule has 1 aliphatic carbocycles. The number of ether oxygens (including phenoxy) is 2. The zero-order chi connectivity index (χ0) is 22.4. The minimum absolute atomic E-state index is 0.0326. The smallest absolute Gasteiger partial charge is 0.171 e. The Morgan fingerprint density at radius 2 is 2.09 bits per heavy atom. The van der Waals surface area contributed by atoms with Gasteiger partial charge in [0.1, 0.15) is 12.7 Å². The number of hydrogen-bond acceptors (Lipinski definition) is 5. The Balaban J connectivity index is 1.11. The minimum atomic E-state index is -0.0326. The number of nitriles is 1. The van der Waals surface area contributed by atoms with Gasteiger partial charge in [0, 0.05) is 34.2 Å². The van der Waals surface area contributed by atoms with Gasteiger partial charge >= 0.3 is 0 Å². The largest absolute Gasteiger partial charge is 0.486 e. The Morgan fingerprint density at radius 3 is 3.00 bits per heavy atom. The number of aryl methyl sites for hydroxylation is 2. The van der Waals surface area contributed by atoms with Crippen molar-refractivity contribution in [3.05, 3.63) is 65.0 Å². The van der Waals surface area contributed by atoms with Gasteiger partial charge < -0.3 is 19.8 Å². The van der Waals surface area contributed by atoms with Gasteiger partial charge in [0.2, 0.25) is 0 Å². The van der Waals surface area contributed by atoms with E-state index >= 15 is 0 Å². The summed E-state index contributed by atoms with van der Waals surface area (Å²) in [5, 5.41) is 15.1. The molecule has 166 valence electrons. The van der Waals surface area contributed by atoms with Crippen LogP contribution in [-0.4, -0.2) is 35.8 Å². The number of hydrogen-bond donors (Lipinski definition) is 2. The van der Waals surface area contributed by atoms with Gasteiger partial charge in [0.25, 0.3) is 0 Å². The Hall–Kier alpha value is -3.56. The molecule has 0 unspecified atom stereocenters. The summed E-state index contributed by atoms with van der Waals surface area (Å²) in [6.45, 7) is 4.22. The van der Waals surface area contributed by atoms with Crippen LogP contribution in [0.4, 0.5) is 0 Å². The van der Waals surface area contributed by atoms with Gasteiger partial charge in [-0.1, -0.05) is 0 Å². The Morgan fingerprint density at radius 1 is 1.15 bits per heavy atom. The van der Waals surface area contributed by atoms with Crippen molar-refractivity contribution in [2.75, 3.05) is 19.7 Å². The van der Waals surface area contributed by atoms with E-state index in [0.29, 0.717) is 12.5 Å². The number of pyridine rings is 1. The van der Waals surface area contributed by atoms with Gasteiger partial charge in [-0.05, 0) is 86.7 Å². The number of aromatic amines is 1. The van der Waals surface area contributed by atoms with Crippen LogP contribution in [0.15, 0.2) is 42.5 Å². The van der Waals surface area contributed by atoms with Crippen LogP contribution in [0.3, 0.4) is 0 Å². The van der Waals surface area contributed by atoms with E-state index in [1.165, 1.54) is 16.6 Å². The summed E-state index contributed by atoms with van der Waals surface area (Å²) in [6, 6.07) is 16.2. The van der Waals surface area contributed by atoms with Crippen LogP contribution in [0.1, 0.15) is 28.9 Å². The molecule has 33 heavy (non-hydrogen) atoms. The van der Waals surface area contributed by atoms with Crippen molar-refractivity contribution in [3.8, 4) is 17.6 Å². The van der Waals surface area contributed by atoms with Gasteiger partial charge in [0.05, 0.1) is 17.1 Å². The van der Waals surface area contributed by atoms with Crippen LogP contribution in [0.25, 0.3) is 21.8 Å². The van der Waals surface area contributed by atoms with Gasteiger partial charge in [-0.2, -0.15) is 5.26 Å². The average molecular weight is 439 g/mol. The highest BCUT2D eigenvalue weighted by Crippen LogP contribution is 2.38. The monoisotopic (exact) mass is 438 g/mol. The van der Waals surface area contributed by atoms with Gasteiger partial charge in [-0.3, -0.25) is 4.98 Å². The Kier molecular flexibility index (Phi) is 4.92. The van der Waals surface area contributed by atoms with Crippen molar-refractivity contribution in [2.45, 2.75) is 32.3 Å². The van der Waals surface area contributed by atoms with E-state index in [1.54, 1.807) is 0 Å². The maximum Gasteiger partial charge on any atom is 0.171 e. The van der Waals surface area contributed by atoms with Crippen molar-refractivity contribution < 1.29 is 9.47 Å². The molecule has 3 heterocycles. The lowest BCUT2D eigenvalue weighted by molar-refractivity contribution is 0.0915. The molecule has 2 aromatic carbocycles. The lowest BCUT2D eigenvalue weighted by atomic mass is 9.86. The quantitative estimate of drug-likeness (QED) is 0.493. The van der Waals surface area contributed by atoms with Crippen LogP contribution < -0.4 is 14.8 Å². The fourth-order valence-electron chi connectivity index (χ4n) is 5.16. The van der Waals surface area contributed by atoms with E-state index in [1.807, 2.05) is 43.3 Å². The van der Waals surface area contributed by atoms with Crippen molar-refractivity contribution in [3.63, 3.8) is 0 Å². The second-order valence-electron chi connectivity index (χ2n) is 9.18. The van der Waals surface area contributed by atoms with Gasteiger partial charge in [-0.15, -0.1) is 0 Å². The summed E-state index contributed by atoms with van der Waals surface area (Å²) in [6.07, 6.45) is 3.19. The number of H-pyrrole nitrogens is 1. The second kappa shape index (κ2) is 8.09. The van der Waals surface area contributed by atoms with Crippen molar-refractivity contribution in [1.29, 1.82) is 5.26 Å². The average Bonchev–Trinajstić information content (AvgIpc) is 3.21. The van der Waals surface area contributed by atoms with Crippen molar-refractivity contribution in [1.82, 2.24) is 15.3 Å². The molecule has 2 aliphatic rings. The first kappa shape index (κ1) is 20.1. The number of fused-ring (bicyclic) bond motifs is 6. The first-order valence-corrected chi connectivity index (χ1v) is 11.6.